The highest BCUT2D eigenvalue weighted by molar-refractivity contribution is 6.27. The lowest BCUT2D eigenvalue weighted by molar-refractivity contribution is 0.954. The average molecular weight is 990 g/mol. The van der Waals surface area contributed by atoms with E-state index in [9.17, 15) is 0 Å². The molecule has 14 aromatic carbocycles. The zero-order valence-electron chi connectivity index (χ0n) is 42.1. The molecule has 0 aliphatic carbocycles. The number of fused-ring (bicyclic) bond motifs is 19. The molecule has 0 amide bonds. The number of hydrogen-bond acceptors (Lipinski definition) is 3. The first-order chi connectivity index (χ1) is 38.7. The Labute approximate surface area is 447 Å². The van der Waals surface area contributed by atoms with Gasteiger partial charge in [0.05, 0.1) is 27.8 Å². The number of aromatic nitrogens is 5. The monoisotopic (exact) mass is 989 g/mol. The van der Waals surface area contributed by atoms with Crippen LogP contribution in [0.2, 0.25) is 0 Å². The van der Waals surface area contributed by atoms with Crippen LogP contribution in [0.15, 0.2) is 261 Å². The van der Waals surface area contributed by atoms with Crippen molar-refractivity contribution in [3.63, 3.8) is 0 Å². The van der Waals surface area contributed by atoms with Gasteiger partial charge in [0.25, 0.3) is 0 Å². The molecule has 0 saturated carbocycles. The van der Waals surface area contributed by atoms with E-state index in [0.717, 1.165) is 54.8 Å². The van der Waals surface area contributed by atoms with E-state index in [1.807, 2.05) is 0 Å². The molecule has 3 heterocycles. The molecule has 78 heavy (non-hydrogen) atoms. The van der Waals surface area contributed by atoms with Crippen molar-refractivity contribution in [3.8, 4) is 45.5 Å². The van der Waals surface area contributed by atoms with Crippen molar-refractivity contribution in [1.82, 2.24) is 24.1 Å². The number of rotatable bonds is 5. The second-order valence-corrected chi connectivity index (χ2v) is 20.7. The van der Waals surface area contributed by atoms with Gasteiger partial charge in [-0.1, -0.05) is 206 Å². The molecule has 17 rings (SSSR count). The Morgan fingerprint density at radius 1 is 0.205 bits per heavy atom. The highest BCUT2D eigenvalue weighted by Gasteiger charge is 2.22. The van der Waals surface area contributed by atoms with Gasteiger partial charge in [0, 0.05) is 38.1 Å². The summed E-state index contributed by atoms with van der Waals surface area (Å²) in [5.74, 6) is 1.77. The van der Waals surface area contributed by atoms with E-state index in [1.54, 1.807) is 0 Å². The van der Waals surface area contributed by atoms with Crippen LogP contribution in [0.4, 0.5) is 0 Å². The van der Waals surface area contributed by atoms with Gasteiger partial charge in [-0.3, -0.25) is 4.57 Å². The van der Waals surface area contributed by atoms with E-state index < -0.39 is 0 Å². The van der Waals surface area contributed by atoms with Gasteiger partial charge in [0.15, 0.2) is 11.6 Å². The highest BCUT2D eigenvalue weighted by Crippen LogP contribution is 2.42. The lowest BCUT2D eigenvalue weighted by atomic mass is 9.93. The summed E-state index contributed by atoms with van der Waals surface area (Å²) in [4.78, 5) is 16.4. The van der Waals surface area contributed by atoms with Crippen molar-refractivity contribution in [2.45, 2.75) is 0 Å². The zero-order chi connectivity index (χ0) is 51.0. The first-order valence-electron chi connectivity index (χ1n) is 26.7. The molecule has 0 atom stereocenters. The van der Waals surface area contributed by atoms with Gasteiger partial charge in [-0.05, 0) is 136 Å². The third-order valence-corrected chi connectivity index (χ3v) is 16.5. The Morgan fingerprint density at radius 2 is 0.538 bits per heavy atom. The molecule has 3 aromatic heterocycles. The first kappa shape index (κ1) is 42.8. The predicted molar refractivity (Wildman–Crippen MR) is 327 cm³/mol. The summed E-state index contributed by atoms with van der Waals surface area (Å²) in [6.45, 7) is 0. The molecule has 0 bridgehead atoms. The molecule has 0 fully saturated rings. The fraction of sp³-hybridized carbons (Fsp3) is 0. The van der Waals surface area contributed by atoms with Crippen LogP contribution in [-0.2, 0) is 0 Å². The Hall–Kier alpha value is -10.5. The zero-order valence-corrected chi connectivity index (χ0v) is 42.1. The molecule has 0 unspecified atom stereocenters. The molecule has 0 radical (unpaired) electrons. The Kier molecular flexibility index (Phi) is 9.06. The van der Waals surface area contributed by atoms with Crippen molar-refractivity contribution in [3.05, 3.63) is 261 Å². The molecule has 0 saturated heterocycles. The topological polar surface area (TPSA) is 48.5 Å². The van der Waals surface area contributed by atoms with Gasteiger partial charge in [0.1, 0.15) is 0 Å². The summed E-state index contributed by atoms with van der Waals surface area (Å²) < 4.78 is 4.66. The van der Waals surface area contributed by atoms with Crippen LogP contribution >= 0.6 is 0 Å². The third-order valence-electron chi connectivity index (χ3n) is 16.5. The maximum atomic E-state index is 5.50. The van der Waals surface area contributed by atoms with Crippen molar-refractivity contribution in [1.29, 1.82) is 0 Å². The molecular formula is C73H43N5. The lowest BCUT2D eigenvalue weighted by Crippen LogP contribution is -2.06. The quantitative estimate of drug-likeness (QED) is 0.161. The summed E-state index contributed by atoms with van der Waals surface area (Å²) in [6.07, 6.45) is 0. The van der Waals surface area contributed by atoms with E-state index in [4.69, 9.17) is 15.0 Å². The number of para-hydroxylation sites is 2. The fourth-order valence-electron chi connectivity index (χ4n) is 13.0. The Morgan fingerprint density at radius 3 is 1.03 bits per heavy atom. The fourth-order valence-corrected chi connectivity index (χ4v) is 13.0. The van der Waals surface area contributed by atoms with Gasteiger partial charge < -0.3 is 4.57 Å². The van der Waals surface area contributed by atoms with Crippen molar-refractivity contribution >= 4 is 119 Å². The minimum atomic E-state index is 0.559. The van der Waals surface area contributed by atoms with Crippen molar-refractivity contribution in [2.75, 3.05) is 0 Å². The highest BCUT2D eigenvalue weighted by atomic mass is 15.2. The second-order valence-electron chi connectivity index (χ2n) is 20.7. The molecular weight excluding hydrogens is 947 g/mol. The lowest BCUT2D eigenvalue weighted by Gasteiger charge is -2.14. The van der Waals surface area contributed by atoms with Crippen LogP contribution in [-0.4, -0.2) is 24.1 Å². The number of hydrogen-bond donors (Lipinski definition) is 0. The minimum absolute atomic E-state index is 0.559. The minimum Gasteiger partial charge on any atom is -0.309 e. The molecule has 0 aliphatic rings. The molecule has 0 N–H and O–H groups in total. The van der Waals surface area contributed by atoms with Gasteiger partial charge in [0.2, 0.25) is 5.95 Å². The van der Waals surface area contributed by atoms with Crippen LogP contribution in [0.25, 0.3) is 165 Å². The van der Waals surface area contributed by atoms with Crippen molar-refractivity contribution < 1.29 is 0 Å². The van der Waals surface area contributed by atoms with Crippen LogP contribution in [0.3, 0.4) is 0 Å². The SMILES string of the molecule is c1ccc2c(-n3c4ccccc4c4cc(-c5ccc6c(c5)c5ccccc5n6-c5nc(-c6ccc7c8ccccc8c8ccccc8c7c6)nc(-c6ccc7c8ccccc8c8ccccc8c7c6)n5)ccc43)cccc2c1. The van der Waals surface area contributed by atoms with E-state index >= 15 is 0 Å². The summed E-state index contributed by atoms with van der Waals surface area (Å²) in [5.41, 5.74) is 9.71. The van der Waals surface area contributed by atoms with Gasteiger partial charge in [-0.2, -0.15) is 9.97 Å². The summed E-state index contributed by atoms with van der Waals surface area (Å²) in [6, 6.07) is 94.8. The maximum Gasteiger partial charge on any atom is 0.238 e. The van der Waals surface area contributed by atoms with E-state index in [2.05, 4.69) is 270 Å². The van der Waals surface area contributed by atoms with E-state index in [-0.39, 0.29) is 0 Å². The summed E-state index contributed by atoms with van der Waals surface area (Å²) >= 11 is 0. The van der Waals surface area contributed by atoms with Crippen LogP contribution in [0.1, 0.15) is 0 Å². The standard InChI is InChI=1S/C73H43N5/c1-2-18-49-44(16-1)17-15-31-66(49)77-67-29-13-11-27-60(67)64-40-45(34-38-69(64)77)46-35-39-70-65(41-46)61-28-12-14-30-68(61)78(70)73-75-71(47-32-36-58-54-23-5-3-19-50(54)52-21-7-9-25-56(52)62(58)42-47)74-72(76-73)48-33-37-59-55-24-6-4-20-51(55)53-22-8-10-26-57(53)63(59)43-48/h1-43H. The second kappa shape index (κ2) is 16.5. The van der Waals surface area contributed by atoms with Crippen molar-refractivity contribution in [2.24, 2.45) is 0 Å². The summed E-state index contributed by atoms with van der Waals surface area (Å²) in [5, 5.41) is 21.6. The van der Waals surface area contributed by atoms with Crippen LogP contribution in [0, 0.1) is 0 Å². The van der Waals surface area contributed by atoms with Crippen LogP contribution in [0.5, 0.6) is 0 Å². The molecule has 5 nitrogen and oxygen atoms in total. The normalized spacial score (nSPS) is 12.1. The largest absolute Gasteiger partial charge is 0.309 e. The molecule has 0 spiro atoms. The van der Waals surface area contributed by atoms with E-state index in [0.29, 0.717) is 17.6 Å². The van der Waals surface area contributed by atoms with Gasteiger partial charge in [-0.25, -0.2) is 4.98 Å². The third kappa shape index (κ3) is 6.27. The van der Waals surface area contributed by atoms with Gasteiger partial charge >= 0.3 is 0 Å². The maximum absolute atomic E-state index is 5.50. The molecule has 0 aliphatic heterocycles. The van der Waals surface area contributed by atoms with Gasteiger partial charge in [-0.15, -0.1) is 0 Å². The average Bonchev–Trinajstić information content (AvgIpc) is 4.11. The molecule has 17 aromatic rings. The Bertz CT molecular complexity index is 5160. The Balaban J connectivity index is 0.879. The first-order valence-corrected chi connectivity index (χ1v) is 26.7. The van der Waals surface area contributed by atoms with Crippen LogP contribution < -0.4 is 0 Å². The molecule has 5 heteroatoms. The molecule has 360 valence electrons. The predicted octanol–water partition coefficient (Wildman–Crippen LogP) is 19.1. The van der Waals surface area contributed by atoms with E-state index in [1.165, 1.54) is 92.1 Å². The summed E-state index contributed by atoms with van der Waals surface area (Å²) in [7, 11) is 0. The smallest absolute Gasteiger partial charge is 0.238 e. The number of benzene rings is 14. The number of nitrogens with zero attached hydrogens (tertiary/aromatic N) is 5.